The van der Waals surface area contributed by atoms with Crippen LogP contribution >= 0.6 is 0 Å². The summed E-state index contributed by atoms with van der Waals surface area (Å²) in [6, 6.07) is 29.4. The minimum Gasteiger partial charge on any atom is -0.444 e. The Morgan fingerprint density at radius 3 is 1.57 bits per heavy atom. The first-order chi connectivity index (χ1) is 29.0. The number of pyridine rings is 2. The lowest BCUT2D eigenvalue weighted by atomic mass is 9.96. The predicted octanol–water partition coefficient (Wildman–Crippen LogP) is 7.18. The minimum absolute atomic E-state index is 0.0221. The number of hydrogen-bond acceptors (Lipinski definition) is 10. The molecule has 2 unspecified atom stereocenters. The second-order valence-electron chi connectivity index (χ2n) is 15.2. The molecule has 1 aliphatic rings. The van der Waals surface area contributed by atoms with Crippen molar-refractivity contribution < 1.29 is 34.1 Å². The number of hydrogen-bond donors (Lipinski definition) is 6. The summed E-state index contributed by atoms with van der Waals surface area (Å²) in [4.78, 5) is 46.0. The summed E-state index contributed by atoms with van der Waals surface area (Å²) in [6.45, 7) is 7.50. The maximum atomic E-state index is 13.1. The number of alkyl carbamates (subject to hydrolysis) is 1. The first kappa shape index (κ1) is 44.8. The van der Waals surface area contributed by atoms with Gasteiger partial charge in [-0.05, 0) is 103 Å². The summed E-state index contributed by atoms with van der Waals surface area (Å²) < 4.78 is 10.2. The molecule has 7 N–H and O–H groups in total. The molecule has 6 aromatic rings. The van der Waals surface area contributed by atoms with Crippen LogP contribution in [0.15, 0.2) is 122 Å². The van der Waals surface area contributed by atoms with Crippen LogP contribution in [0, 0.1) is 0 Å². The number of carbonyl (C=O) groups excluding carboxylic acids is 3. The van der Waals surface area contributed by atoms with Crippen molar-refractivity contribution >= 4 is 50.8 Å². The van der Waals surface area contributed by atoms with E-state index in [1.165, 1.54) is 12.8 Å². The van der Waals surface area contributed by atoms with Gasteiger partial charge < -0.3 is 41.4 Å². The maximum absolute atomic E-state index is 13.1. The van der Waals surface area contributed by atoms with E-state index in [1.807, 2.05) is 60.7 Å². The number of rotatable bonds is 11. The number of anilines is 2. The van der Waals surface area contributed by atoms with Gasteiger partial charge in [0.25, 0.3) is 0 Å². The Kier molecular flexibility index (Phi) is 16.6. The van der Waals surface area contributed by atoms with E-state index in [4.69, 9.17) is 20.3 Å². The predicted molar refractivity (Wildman–Crippen MR) is 234 cm³/mol. The first-order valence-corrected chi connectivity index (χ1v) is 19.9. The zero-order valence-corrected chi connectivity index (χ0v) is 34.3. The molecule has 2 aromatic heterocycles. The van der Waals surface area contributed by atoms with Crippen LogP contribution in [0.1, 0.15) is 67.7 Å². The summed E-state index contributed by atoms with van der Waals surface area (Å²) in [7, 11) is 0. The van der Waals surface area contributed by atoms with Crippen LogP contribution in [0.5, 0.6) is 0 Å². The minimum atomic E-state index is -0.645. The third-order valence-electron chi connectivity index (χ3n) is 9.49. The van der Waals surface area contributed by atoms with Gasteiger partial charge in [-0.2, -0.15) is 0 Å². The van der Waals surface area contributed by atoms with Crippen LogP contribution in [-0.2, 0) is 32.3 Å². The second kappa shape index (κ2) is 22.2. The molecular weight excluding hydrogens is 761 g/mol. The van der Waals surface area contributed by atoms with Gasteiger partial charge in [-0.15, -0.1) is 0 Å². The van der Waals surface area contributed by atoms with Crippen LogP contribution in [0.25, 0.3) is 21.5 Å². The largest absolute Gasteiger partial charge is 0.444 e. The van der Waals surface area contributed by atoms with Gasteiger partial charge in [0.15, 0.2) is 0 Å². The standard InChI is InChI=1S/C24H27N3O4.C19H19N3O2.C4H8O/c1-24(2,3)31-23(30)26-14-21(17-6-4-16(15-28)5-7-17)22(29)27-20-9-8-19-13-25-11-10-18(19)12-20;20-10-18(14-3-1-13(12-23)2-4-14)19(24)22-17-6-5-16-11-21-8-7-15(16)9-17;1-2-4-5-3-1/h4-13,21,28H,14-15H2,1-3H3,(H,26,30)(H,27,29);1-9,11,18,23H,10,12,20H2,(H,22,24);1-4H2. The number of benzene rings is 4. The van der Waals surface area contributed by atoms with E-state index in [9.17, 15) is 19.5 Å². The number of aliphatic hydroxyl groups is 2. The molecule has 13 nitrogen and oxygen atoms in total. The highest BCUT2D eigenvalue weighted by molar-refractivity contribution is 5.99. The number of carbonyl (C=O) groups is 3. The highest BCUT2D eigenvalue weighted by atomic mass is 16.6. The van der Waals surface area contributed by atoms with Gasteiger partial charge in [0.1, 0.15) is 5.60 Å². The van der Waals surface area contributed by atoms with E-state index in [-0.39, 0.29) is 38.1 Å². The third kappa shape index (κ3) is 13.7. The SMILES string of the molecule is C1CCOC1.CC(C)(C)OC(=O)NCC(C(=O)Nc1ccc2cnccc2c1)c1ccc(CO)cc1.NCC(C(=O)Nc1ccc2cnccc2c1)c1ccc(CO)cc1. The van der Waals surface area contributed by atoms with Crippen molar-refractivity contribution in [1.82, 2.24) is 15.3 Å². The molecule has 3 amide bonds. The maximum Gasteiger partial charge on any atom is 0.407 e. The molecule has 0 spiro atoms. The quantitative estimate of drug-likeness (QED) is 0.0779. The molecule has 1 fully saturated rings. The third-order valence-corrected chi connectivity index (χ3v) is 9.49. The summed E-state index contributed by atoms with van der Waals surface area (Å²) in [5.74, 6) is -1.50. The van der Waals surface area contributed by atoms with Crippen LogP contribution in [0.4, 0.5) is 16.2 Å². The van der Waals surface area contributed by atoms with Gasteiger partial charge in [0.2, 0.25) is 11.8 Å². The Morgan fingerprint density at radius 2 is 1.15 bits per heavy atom. The van der Waals surface area contributed by atoms with Gasteiger partial charge >= 0.3 is 6.09 Å². The molecule has 0 aliphatic carbocycles. The number of nitrogens with one attached hydrogen (secondary N) is 3. The summed E-state index contributed by atoms with van der Waals surface area (Å²) in [5, 5.41) is 30.9. The second-order valence-corrected chi connectivity index (χ2v) is 15.2. The van der Waals surface area contributed by atoms with Crippen LogP contribution < -0.4 is 21.7 Å². The van der Waals surface area contributed by atoms with E-state index in [2.05, 4.69) is 25.9 Å². The van der Waals surface area contributed by atoms with Crippen molar-refractivity contribution in [3.63, 3.8) is 0 Å². The molecule has 2 atom stereocenters. The Balaban J connectivity index is 0.000000208. The molecule has 314 valence electrons. The van der Waals surface area contributed by atoms with Crippen molar-refractivity contribution in [2.45, 2.75) is 64.3 Å². The fraction of sp³-hybridized carbons (Fsp3) is 0.298. The molecule has 0 saturated carbocycles. The molecule has 3 heterocycles. The van der Waals surface area contributed by atoms with Crippen molar-refractivity contribution in [2.75, 3.05) is 36.9 Å². The zero-order chi connectivity index (χ0) is 42.9. The van der Waals surface area contributed by atoms with Crippen LogP contribution in [0.2, 0.25) is 0 Å². The van der Waals surface area contributed by atoms with E-state index in [0.29, 0.717) is 5.69 Å². The van der Waals surface area contributed by atoms with Crippen LogP contribution in [-0.4, -0.2) is 70.0 Å². The molecule has 60 heavy (non-hydrogen) atoms. The molecule has 7 rings (SSSR count). The molecule has 1 saturated heterocycles. The monoisotopic (exact) mass is 814 g/mol. The summed E-state index contributed by atoms with van der Waals surface area (Å²) in [5.41, 5.74) is 9.64. The Bertz CT molecular complexity index is 2300. The van der Waals surface area contributed by atoms with Crippen molar-refractivity contribution in [3.8, 4) is 0 Å². The molecule has 4 aromatic carbocycles. The fourth-order valence-corrected chi connectivity index (χ4v) is 6.26. The average Bonchev–Trinajstić information content (AvgIpc) is 3.85. The highest BCUT2D eigenvalue weighted by Crippen LogP contribution is 2.24. The van der Waals surface area contributed by atoms with Gasteiger partial charge in [-0.1, -0.05) is 60.7 Å². The molecular formula is C47H54N6O7. The van der Waals surface area contributed by atoms with Crippen LogP contribution in [0.3, 0.4) is 0 Å². The lowest BCUT2D eigenvalue weighted by molar-refractivity contribution is -0.118. The number of ether oxygens (including phenoxy) is 2. The zero-order valence-electron chi connectivity index (χ0n) is 34.3. The molecule has 0 bridgehead atoms. The number of nitrogens with zero attached hydrogens (tertiary/aromatic N) is 2. The molecule has 1 aliphatic heterocycles. The number of amides is 3. The lowest BCUT2D eigenvalue weighted by Crippen LogP contribution is -2.37. The van der Waals surface area contributed by atoms with Gasteiger partial charge in [-0.3, -0.25) is 19.6 Å². The Labute approximate surface area is 350 Å². The molecule has 13 heteroatoms. The van der Waals surface area contributed by atoms with E-state index in [0.717, 1.165) is 62.7 Å². The van der Waals surface area contributed by atoms with E-state index >= 15 is 0 Å². The highest BCUT2D eigenvalue weighted by Gasteiger charge is 2.24. The smallest absolute Gasteiger partial charge is 0.407 e. The van der Waals surface area contributed by atoms with Crippen molar-refractivity contribution in [3.05, 3.63) is 144 Å². The van der Waals surface area contributed by atoms with Gasteiger partial charge in [-0.25, -0.2) is 4.79 Å². The normalized spacial score (nSPS) is 13.2. The number of fused-ring (bicyclic) bond motifs is 2. The molecule has 0 radical (unpaired) electrons. The van der Waals surface area contributed by atoms with E-state index < -0.39 is 23.5 Å². The Morgan fingerprint density at radius 1 is 0.683 bits per heavy atom. The van der Waals surface area contributed by atoms with Gasteiger partial charge in [0.05, 0.1) is 25.0 Å². The van der Waals surface area contributed by atoms with Crippen molar-refractivity contribution in [1.29, 1.82) is 0 Å². The van der Waals surface area contributed by atoms with E-state index in [1.54, 1.807) is 82.0 Å². The Hall–Kier alpha value is -6.25. The summed E-state index contributed by atoms with van der Waals surface area (Å²) in [6.07, 6.45) is 8.93. The van der Waals surface area contributed by atoms with Gasteiger partial charge in [0, 0.05) is 73.2 Å². The number of nitrogens with two attached hydrogens (primary N) is 1. The summed E-state index contributed by atoms with van der Waals surface area (Å²) >= 11 is 0. The topological polar surface area (TPSA) is 198 Å². The fourth-order valence-electron chi connectivity index (χ4n) is 6.26. The van der Waals surface area contributed by atoms with Crippen molar-refractivity contribution in [2.24, 2.45) is 5.73 Å². The first-order valence-electron chi connectivity index (χ1n) is 19.9. The average molecular weight is 815 g/mol. The lowest BCUT2D eigenvalue weighted by Gasteiger charge is -2.22. The number of aliphatic hydroxyl groups excluding tert-OH is 2. The number of aromatic nitrogens is 2.